The van der Waals surface area contributed by atoms with Crippen molar-refractivity contribution < 1.29 is 4.79 Å². The first-order valence-corrected chi connectivity index (χ1v) is 6.79. The largest absolute Gasteiger partial charge is 0.343 e. The summed E-state index contributed by atoms with van der Waals surface area (Å²) in [5.74, 6) is 0.332. The first-order chi connectivity index (χ1) is 7.77. The van der Waals surface area contributed by atoms with Gasteiger partial charge >= 0.3 is 0 Å². The van der Waals surface area contributed by atoms with E-state index in [1.54, 1.807) is 0 Å². The van der Waals surface area contributed by atoms with Crippen LogP contribution in [0.2, 0.25) is 0 Å². The molecule has 1 rings (SSSR count). The molecular formula is C13H26N2O. The fraction of sp³-hybridized carbons (Fsp3) is 0.923. The van der Waals surface area contributed by atoms with E-state index in [1.807, 2.05) is 4.90 Å². The van der Waals surface area contributed by atoms with Crippen molar-refractivity contribution in [1.29, 1.82) is 0 Å². The van der Waals surface area contributed by atoms with Crippen molar-refractivity contribution in [3.05, 3.63) is 0 Å². The minimum absolute atomic E-state index is 0.332. The number of likely N-dealkylation sites (tertiary alicyclic amines) is 1. The lowest BCUT2D eigenvalue weighted by Crippen LogP contribution is -2.38. The van der Waals surface area contributed by atoms with Gasteiger partial charge in [0.25, 0.3) is 0 Å². The van der Waals surface area contributed by atoms with Crippen LogP contribution in [0.4, 0.5) is 0 Å². The number of hydrogen-bond donors (Lipinski definition) is 1. The summed E-state index contributed by atoms with van der Waals surface area (Å²) in [6.07, 6.45) is 6.62. The van der Waals surface area contributed by atoms with E-state index in [4.69, 9.17) is 0 Å². The fourth-order valence-corrected chi connectivity index (χ4v) is 2.26. The lowest BCUT2D eigenvalue weighted by atomic mass is 10.1. The van der Waals surface area contributed by atoms with Gasteiger partial charge < -0.3 is 10.2 Å². The van der Waals surface area contributed by atoms with Crippen LogP contribution in [0.1, 0.15) is 52.4 Å². The molecule has 3 heteroatoms. The van der Waals surface area contributed by atoms with Crippen molar-refractivity contribution in [3.8, 4) is 0 Å². The molecule has 0 atom stereocenters. The highest BCUT2D eigenvalue weighted by molar-refractivity contribution is 5.76. The van der Waals surface area contributed by atoms with Crippen molar-refractivity contribution in [2.75, 3.05) is 19.6 Å². The third-order valence-corrected chi connectivity index (χ3v) is 3.47. The fourth-order valence-electron chi connectivity index (χ4n) is 2.26. The van der Waals surface area contributed by atoms with Crippen molar-refractivity contribution in [1.82, 2.24) is 10.2 Å². The molecule has 1 aliphatic heterocycles. The van der Waals surface area contributed by atoms with Crippen LogP contribution in [-0.2, 0) is 4.79 Å². The second-order valence-corrected chi connectivity index (χ2v) is 4.66. The normalized spacial score (nSPS) is 16.8. The van der Waals surface area contributed by atoms with Gasteiger partial charge in [-0.2, -0.15) is 0 Å². The minimum atomic E-state index is 0.332. The van der Waals surface area contributed by atoms with Gasteiger partial charge in [-0.1, -0.05) is 13.8 Å². The molecule has 1 saturated heterocycles. The number of carbonyl (C=O) groups is 1. The lowest BCUT2D eigenvalue weighted by Gasteiger charge is -2.27. The Kier molecular flexibility index (Phi) is 6.46. The van der Waals surface area contributed by atoms with Gasteiger partial charge in [0.05, 0.1) is 0 Å². The van der Waals surface area contributed by atoms with E-state index < -0.39 is 0 Å². The average molecular weight is 226 g/mol. The molecule has 3 nitrogen and oxygen atoms in total. The van der Waals surface area contributed by atoms with E-state index >= 15 is 0 Å². The van der Waals surface area contributed by atoms with Crippen LogP contribution in [0.25, 0.3) is 0 Å². The molecule has 0 aromatic rings. The maximum Gasteiger partial charge on any atom is 0.223 e. The SMILES string of the molecule is CCC(CC)NCCC(=O)N1CCCCC1. The zero-order valence-corrected chi connectivity index (χ0v) is 10.8. The third-order valence-electron chi connectivity index (χ3n) is 3.47. The topological polar surface area (TPSA) is 32.3 Å². The quantitative estimate of drug-likeness (QED) is 0.753. The summed E-state index contributed by atoms with van der Waals surface area (Å²) in [5.41, 5.74) is 0. The molecule has 1 heterocycles. The summed E-state index contributed by atoms with van der Waals surface area (Å²) in [4.78, 5) is 13.9. The Hall–Kier alpha value is -0.570. The highest BCUT2D eigenvalue weighted by atomic mass is 16.2. The van der Waals surface area contributed by atoms with Gasteiger partial charge in [-0.25, -0.2) is 0 Å². The second kappa shape index (κ2) is 7.66. The van der Waals surface area contributed by atoms with Gasteiger partial charge in [0.1, 0.15) is 0 Å². The number of nitrogens with one attached hydrogen (secondary N) is 1. The van der Waals surface area contributed by atoms with Crippen molar-refractivity contribution in [3.63, 3.8) is 0 Å². The maximum absolute atomic E-state index is 11.8. The number of piperidine rings is 1. The van der Waals surface area contributed by atoms with E-state index in [1.165, 1.54) is 19.3 Å². The highest BCUT2D eigenvalue weighted by Gasteiger charge is 2.15. The monoisotopic (exact) mass is 226 g/mol. The third kappa shape index (κ3) is 4.52. The molecule has 16 heavy (non-hydrogen) atoms. The Labute approximate surface area is 99.6 Å². The standard InChI is InChI=1S/C13H26N2O/c1-3-12(4-2)14-9-8-13(16)15-10-6-5-7-11-15/h12,14H,3-11H2,1-2H3. The lowest BCUT2D eigenvalue weighted by molar-refractivity contribution is -0.132. The molecule has 0 radical (unpaired) electrons. The van der Waals surface area contributed by atoms with E-state index in [-0.39, 0.29) is 0 Å². The van der Waals surface area contributed by atoms with E-state index in [0.717, 1.165) is 32.5 Å². The zero-order chi connectivity index (χ0) is 11.8. The summed E-state index contributed by atoms with van der Waals surface area (Å²) in [5, 5.41) is 3.44. The maximum atomic E-state index is 11.8. The Morgan fingerprint density at radius 3 is 2.38 bits per heavy atom. The molecule has 0 aliphatic carbocycles. The van der Waals surface area contributed by atoms with Crippen LogP contribution < -0.4 is 5.32 Å². The molecule has 0 saturated carbocycles. The summed E-state index contributed by atoms with van der Waals surface area (Å²) in [7, 11) is 0. The van der Waals surface area contributed by atoms with Crippen molar-refractivity contribution in [2.45, 2.75) is 58.4 Å². The molecule has 1 N–H and O–H groups in total. The minimum Gasteiger partial charge on any atom is -0.343 e. The van der Waals surface area contributed by atoms with Gasteiger partial charge in [-0.05, 0) is 32.1 Å². The summed E-state index contributed by atoms with van der Waals surface area (Å²) >= 11 is 0. The van der Waals surface area contributed by atoms with Gasteiger partial charge in [0, 0.05) is 32.1 Å². The predicted octanol–water partition coefficient (Wildman–Crippen LogP) is 2.17. The van der Waals surface area contributed by atoms with Gasteiger partial charge in [0.15, 0.2) is 0 Å². The number of carbonyl (C=O) groups excluding carboxylic acids is 1. The summed E-state index contributed by atoms with van der Waals surface area (Å²) in [6, 6.07) is 0.578. The molecule has 0 aromatic carbocycles. The Morgan fingerprint density at radius 2 is 1.81 bits per heavy atom. The van der Waals surface area contributed by atoms with E-state index in [2.05, 4.69) is 19.2 Å². The highest BCUT2D eigenvalue weighted by Crippen LogP contribution is 2.09. The molecule has 0 spiro atoms. The molecule has 0 unspecified atom stereocenters. The Bertz CT molecular complexity index is 196. The molecule has 0 aromatic heterocycles. The zero-order valence-electron chi connectivity index (χ0n) is 10.8. The first kappa shape index (κ1) is 13.5. The first-order valence-electron chi connectivity index (χ1n) is 6.79. The smallest absolute Gasteiger partial charge is 0.223 e. The number of rotatable bonds is 6. The van der Waals surface area contributed by atoms with Crippen LogP contribution in [0.5, 0.6) is 0 Å². The van der Waals surface area contributed by atoms with Crippen molar-refractivity contribution >= 4 is 5.91 Å². The van der Waals surface area contributed by atoms with Gasteiger partial charge in [0.2, 0.25) is 5.91 Å². The Morgan fingerprint density at radius 1 is 1.19 bits per heavy atom. The molecule has 94 valence electrons. The second-order valence-electron chi connectivity index (χ2n) is 4.66. The molecular weight excluding hydrogens is 200 g/mol. The molecule has 1 aliphatic rings. The number of hydrogen-bond acceptors (Lipinski definition) is 2. The summed E-state index contributed by atoms with van der Waals surface area (Å²) in [6.45, 7) is 7.16. The molecule has 0 bridgehead atoms. The van der Waals surface area contributed by atoms with Gasteiger partial charge in [-0.15, -0.1) is 0 Å². The average Bonchev–Trinajstić information content (AvgIpc) is 2.35. The number of amides is 1. The van der Waals surface area contributed by atoms with Crippen molar-refractivity contribution in [2.24, 2.45) is 0 Å². The van der Waals surface area contributed by atoms with Crippen LogP contribution >= 0.6 is 0 Å². The van der Waals surface area contributed by atoms with Crippen LogP contribution in [-0.4, -0.2) is 36.5 Å². The van der Waals surface area contributed by atoms with E-state index in [0.29, 0.717) is 18.4 Å². The van der Waals surface area contributed by atoms with Gasteiger partial charge in [-0.3, -0.25) is 4.79 Å². The molecule has 1 fully saturated rings. The van der Waals surface area contributed by atoms with Crippen LogP contribution in [0, 0.1) is 0 Å². The molecule has 1 amide bonds. The van der Waals surface area contributed by atoms with Crippen LogP contribution in [0.15, 0.2) is 0 Å². The van der Waals surface area contributed by atoms with E-state index in [9.17, 15) is 4.79 Å². The summed E-state index contributed by atoms with van der Waals surface area (Å²) < 4.78 is 0. The predicted molar refractivity (Wildman–Crippen MR) is 67.4 cm³/mol. The Balaban J connectivity index is 2.13. The van der Waals surface area contributed by atoms with Crippen LogP contribution in [0.3, 0.4) is 0 Å². The number of nitrogens with zero attached hydrogens (tertiary/aromatic N) is 1.